The molecule has 2 heterocycles. The van der Waals surface area contributed by atoms with Crippen LogP contribution < -0.4 is 16.2 Å². The maximum Gasteiger partial charge on any atom is 0.295 e. The van der Waals surface area contributed by atoms with Crippen LogP contribution in [0.4, 0.5) is 5.69 Å². The molecule has 2 N–H and O–H groups in total. The molecule has 0 unspecified atom stereocenters. The van der Waals surface area contributed by atoms with Crippen molar-refractivity contribution in [1.82, 2.24) is 19.6 Å². The Morgan fingerprint density at radius 3 is 2.46 bits per heavy atom. The summed E-state index contributed by atoms with van der Waals surface area (Å²) in [5.74, 6) is 0.0340. The Bertz CT molecular complexity index is 1630. The minimum Gasteiger partial charge on any atom is -0.461 e. The molecule has 0 spiro atoms. The third-order valence-electron chi connectivity index (χ3n) is 7.34. The quantitative estimate of drug-likeness (QED) is 0.270. The van der Waals surface area contributed by atoms with Crippen LogP contribution in [0.25, 0.3) is 16.7 Å². The van der Waals surface area contributed by atoms with Crippen LogP contribution in [0.5, 0.6) is 0 Å². The molecule has 0 saturated carbocycles. The summed E-state index contributed by atoms with van der Waals surface area (Å²) in [5, 5.41) is 7.01. The first-order valence-electron chi connectivity index (χ1n) is 13.6. The van der Waals surface area contributed by atoms with E-state index in [0.29, 0.717) is 34.0 Å². The fraction of sp³-hybridized carbons (Fsp3) is 0.387. The maximum absolute atomic E-state index is 13.6. The van der Waals surface area contributed by atoms with E-state index in [1.807, 2.05) is 78.3 Å². The topological polar surface area (TPSA) is 102 Å². The van der Waals surface area contributed by atoms with Crippen LogP contribution in [0, 0.1) is 12.3 Å². The lowest BCUT2D eigenvalue weighted by Gasteiger charge is -2.24. The van der Waals surface area contributed by atoms with Crippen molar-refractivity contribution in [2.75, 3.05) is 26.0 Å². The molecule has 0 aliphatic rings. The zero-order valence-corrected chi connectivity index (χ0v) is 25.4. The highest BCUT2D eigenvalue weighted by atomic mass is 35.5. The number of hydrogen-bond donors (Lipinski definition) is 2. The SMILES string of the molecule is Cc1cc2cc(Cl)cc(C(=O)NCC(C)(C)CC(=O)Nc3c(C[C@H](C)N(C)C)n(C)n(-c4ccccc4)c3=O)c2o1. The number of carbonyl (C=O) groups is 2. The number of likely N-dealkylation sites (N-methyl/N-ethyl adjacent to an activating group) is 1. The van der Waals surface area contributed by atoms with Gasteiger partial charge in [0, 0.05) is 42.9 Å². The van der Waals surface area contributed by atoms with E-state index >= 15 is 0 Å². The molecule has 10 heteroatoms. The second-order valence-electron chi connectivity index (χ2n) is 11.6. The lowest BCUT2D eigenvalue weighted by atomic mass is 9.88. The lowest BCUT2D eigenvalue weighted by molar-refractivity contribution is -0.118. The molecule has 0 aliphatic heterocycles. The molecule has 4 aromatic rings. The summed E-state index contributed by atoms with van der Waals surface area (Å²) in [7, 11) is 5.79. The van der Waals surface area contributed by atoms with Gasteiger partial charge in [-0.15, -0.1) is 0 Å². The van der Waals surface area contributed by atoms with Crippen molar-refractivity contribution in [1.29, 1.82) is 0 Å². The van der Waals surface area contributed by atoms with Crippen molar-refractivity contribution >= 4 is 40.1 Å². The fourth-order valence-electron chi connectivity index (χ4n) is 4.84. The zero-order chi connectivity index (χ0) is 30.1. The molecule has 0 saturated heterocycles. The lowest BCUT2D eigenvalue weighted by Crippen LogP contribution is -2.36. The monoisotopic (exact) mass is 579 g/mol. The highest BCUT2D eigenvalue weighted by Gasteiger charge is 2.28. The number of hydrogen-bond acceptors (Lipinski definition) is 5. The van der Waals surface area contributed by atoms with Crippen LogP contribution in [-0.2, 0) is 18.3 Å². The number of furan rings is 1. The van der Waals surface area contributed by atoms with E-state index in [-0.39, 0.29) is 42.1 Å². The Kier molecular flexibility index (Phi) is 8.80. The van der Waals surface area contributed by atoms with Crippen molar-refractivity contribution in [2.24, 2.45) is 12.5 Å². The Morgan fingerprint density at radius 2 is 1.80 bits per heavy atom. The number of carbonyl (C=O) groups excluding carboxylic acids is 2. The minimum absolute atomic E-state index is 0.0838. The summed E-state index contributed by atoms with van der Waals surface area (Å²) < 4.78 is 9.10. The zero-order valence-electron chi connectivity index (χ0n) is 24.7. The molecular weight excluding hydrogens is 542 g/mol. The summed E-state index contributed by atoms with van der Waals surface area (Å²) in [6.07, 6.45) is 0.647. The fourth-order valence-corrected chi connectivity index (χ4v) is 5.07. The number of rotatable bonds is 10. The smallest absolute Gasteiger partial charge is 0.295 e. The Morgan fingerprint density at radius 1 is 1.12 bits per heavy atom. The van der Waals surface area contributed by atoms with Crippen LogP contribution in [0.2, 0.25) is 5.02 Å². The number of fused-ring (bicyclic) bond motifs is 1. The molecule has 2 aromatic carbocycles. The first-order chi connectivity index (χ1) is 19.3. The van der Waals surface area contributed by atoms with Crippen molar-refractivity contribution < 1.29 is 14.0 Å². The van der Waals surface area contributed by atoms with Gasteiger partial charge in [0.25, 0.3) is 11.5 Å². The number of anilines is 1. The Labute approximate surface area is 245 Å². The third kappa shape index (κ3) is 6.74. The van der Waals surface area contributed by atoms with Gasteiger partial charge < -0.3 is 20.0 Å². The van der Waals surface area contributed by atoms with E-state index in [1.54, 1.807) is 21.5 Å². The molecule has 2 aromatic heterocycles. The second-order valence-corrected chi connectivity index (χ2v) is 12.1. The van der Waals surface area contributed by atoms with Gasteiger partial charge in [-0.25, -0.2) is 4.68 Å². The van der Waals surface area contributed by atoms with E-state index in [9.17, 15) is 14.4 Å². The van der Waals surface area contributed by atoms with Crippen LogP contribution in [0.15, 0.2) is 57.7 Å². The number of benzene rings is 2. The Balaban J connectivity index is 1.52. The number of halogens is 1. The minimum atomic E-state index is -0.610. The van der Waals surface area contributed by atoms with Gasteiger partial charge in [-0.1, -0.05) is 43.6 Å². The maximum atomic E-state index is 13.6. The first-order valence-corrected chi connectivity index (χ1v) is 14.0. The normalized spacial score (nSPS) is 12.6. The first kappa shape index (κ1) is 30.1. The van der Waals surface area contributed by atoms with Gasteiger partial charge in [-0.2, -0.15) is 0 Å². The predicted molar refractivity (Wildman–Crippen MR) is 163 cm³/mol. The molecule has 0 radical (unpaired) electrons. The molecule has 2 amide bonds. The van der Waals surface area contributed by atoms with Gasteiger partial charge in [0.1, 0.15) is 17.0 Å². The van der Waals surface area contributed by atoms with Gasteiger partial charge >= 0.3 is 0 Å². The molecule has 9 nitrogen and oxygen atoms in total. The summed E-state index contributed by atoms with van der Waals surface area (Å²) in [4.78, 5) is 42.1. The highest BCUT2D eigenvalue weighted by Crippen LogP contribution is 2.28. The molecule has 41 heavy (non-hydrogen) atoms. The largest absolute Gasteiger partial charge is 0.461 e. The van der Waals surface area contributed by atoms with E-state index in [0.717, 1.165) is 11.1 Å². The van der Waals surface area contributed by atoms with Crippen molar-refractivity contribution in [3.63, 3.8) is 0 Å². The van der Waals surface area contributed by atoms with Crippen molar-refractivity contribution in [2.45, 2.75) is 46.6 Å². The van der Waals surface area contributed by atoms with E-state index in [2.05, 4.69) is 22.5 Å². The van der Waals surface area contributed by atoms with Crippen LogP contribution in [0.3, 0.4) is 0 Å². The van der Waals surface area contributed by atoms with E-state index in [1.165, 1.54) is 0 Å². The molecular formula is C31H38ClN5O4. The van der Waals surface area contributed by atoms with E-state index in [4.69, 9.17) is 16.0 Å². The second kappa shape index (κ2) is 12.0. The van der Waals surface area contributed by atoms with Crippen LogP contribution in [0.1, 0.15) is 49.0 Å². The summed E-state index contributed by atoms with van der Waals surface area (Å²) >= 11 is 6.23. The molecule has 4 rings (SSSR count). The van der Waals surface area contributed by atoms with Crippen molar-refractivity contribution in [3.05, 3.63) is 80.9 Å². The van der Waals surface area contributed by atoms with Crippen LogP contribution in [-0.4, -0.2) is 52.8 Å². The summed E-state index contributed by atoms with van der Waals surface area (Å²) in [6, 6.07) is 14.6. The van der Waals surface area contributed by atoms with Gasteiger partial charge in [0.05, 0.1) is 16.9 Å². The predicted octanol–water partition coefficient (Wildman–Crippen LogP) is 5.16. The van der Waals surface area contributed by atoms with E-state index < -0.39 is 5.41 Å². The average molecular weight is 580 g/mol. The summed E-state index contributed by atoms with van der Waals surface area (Å²) in [5.41, 5.74) is 1.62. The molecule has 1 atom stereocenters. The third-order valence-corrected chi connectivity index (χ3v) is 7.55. The van der Waals surface area contributed by atoms with Gasteiger partial charge in [-0.3, -0.25) is 19.1 Å². The number of nitrogens with zero attached hydrogens (tertiary/aromatic N) is 3. The standard InChI is InChI=1S/C31H38ClN5O4/c1-19(35(5)6)13-25-27(30(40)37(36(25)7)23-11-9-8-10-12-23)34-26(38)17-31(3,4)18-33-29(39)24-16-22(32)15-21-14-20(2)41-28(21)24/h8-12,14-16,19H,13,17-18H2,1-7H3,(H,33,39)(H,34,38)/t19-/m0/s1. The van der Waals surface area contributed by atoms with Gasteiger partial charge in [-0.05, 0) is 63.7 Å². The van der Waals surface area contributed by atoms with Gasteiger partial charge in [0.2, 0.25) is 5.91 Å². The molecule has 0 bridgehead atoms. The molecule has 0 fully saturated rings. The molecule has 218 valence electrons. The number of nitrogens with one attached hydrogen (secondary N) is 2. The number of aromatic nitrogens is 2. The number of amides is 2. The average Bonchev–Trinajstić information content (AvgIpc) is 3.38. The summed E-state index contributed by atoms with van der Waals surface area (Å²) in [6.45, 7) is 7.88. The molecule has 0 aliphatic carbocycles. The highest BCUT2D eigenvalue weighted by molar-refractivity contribution is 6.32. The number of para-hydroxylation sites is 1. The van der Waals surface area contributed by atoms with Crippen molar-refractivity contribution in [3.8, 4) is 5.69 Å². The van der Waals surface area contributed by atoms with Crippen LogP contribution >= 0.6 is 11.6 Å². The Hall–Kier alpha value is -3.82. The number of aryl methyl sites for hydroxylation is 1. The van der Waals surface area contributed by atoms with Gasteiger partial charge in [0.15, 0.2) is 0 Å².